The van der Waals surface area contributed by atoms with Crippen LogP contribution in [-0.2, 0) is 19.6 Å². The first-order chi connectivity index (χ1) is 15.5. The van der Waals surface area contributed by atoms with E-state index in [9.17, 15) is 22.0 Å². The molecule has 1 saturated heterocycles. The molecular weight excluding hydrogens is 452 g/mol. The third-order valence-electron chi connectivity index (χ3n) is 6.49. The Labute approximate surface area is 195 Å². The summed E-state index contributed by atoms with van der Waals surface area (Å²) >= 11 is 0. The Morgan fingerprint density at radius 3 is 2.27 bits per heavy atom. The molecule has 0 spiro atoms. The number of carbonyl (C=O) groups excluding carboxylic acids is 1. The van der Waals surface area contributed by atoms with Gasteiger partial charge in [0.2, 0.25) is 15.9 Å². The van der Waals surface area contributed by atoms with Crippen molar-refractivity contribution in [2.24, 2.45) is 11.8 Å². The fraction of sp³-hybridized carbons (Fsp3) is 0.696. The van der Waals surface area contributed by atoms with E-state index in [0.29, 0.717) is 45.3 Å². The summed E-state index contributed by atoms with van der Waals surface area (Å²) in [5.74, 6) is -2.53. The lowest BCUT2D eigenvalue weighted by atomic mass is 9.81. The van der Waals surface area contributed by atoms with Crippen LogP contribution in [0.25, 0.3) is 0 Å². The third kappa shape index (κ3) is 6.42. The summed E-state index contributed by atoms with van der Waals surface area (Å²) in [5.41, 5.74) is -0.000666. The van der Waals surface area contributed by atoms with Gasteiger partial charge >= 0.3 is 0 Å². The number of anilines is 2. The van der Waals surface area contributed by atoms with Gasteiger partial charge in [-0.3, -0.25) is 4.79 Å². The van der Waals surface area contributed by atoms with Crippen LogP contribution in [0.1, 0.15) is 53.4 Å². The first-order valence-electron chi connectivity index (χ1n) is 11.7. The van der Waals surface area contributed by atoms with Crippen LogP contribution >= 0.6 is 0 Å². The van der Waals surface area contributed by atoms with Crippen molar-refractivity contribution in [2.45, 2.75) is 70.8 Å². The van der Waals surface area contributed by atoms with Crippen molar-refractivity contribution in [3.63, 3.8) is 0 Å². The number of rotatable bonds is 7. The lowest BCUT2D eigenvalue weighted by molar-refractivity contribution is -0.121. The van der Waals surface area contributed by atoms with Gasteiger partial charge in [-0.05, 0) is 71.4 Å². The maximum atomic E-state index is 14.8. The second kappa shape index (κ2) is 10.7. The molecule has 1 aliphatic carbocycles. The van der Waals surface area contributed by atoms with Crippen LogP contribution in [0.5, 0.6) is 0 Å². The van der Waals surface area contributed by atoms with E-state index in [1.807, 2.05) is 13.8 Å². The molecule has 186 valence electrons. The van der Waals surface area contributed by atoms with E-state index in [1.54, 1.807) is 18.7 Å². The number of nitrogens with zero attached hydrogens (tertiary/aromatic N) is 1. The Morgan fingerprint density at radius 1 is 1.09 bits per heavy atom. The van der Waals surface area contributed by atoms with Gasteiger partial charge < -0.3 is 15.0 Å². The summed E-state index contributed by atoms with van der Waals surface area (Å²) < 4.78 is 61.7. The summed E-state index contributed by atoms with van der Waals surface area (Å²) in [4.78, 5) is 14.4. The first kappa shape index (κ1) is 25.8. The fourth-order valence-electron chi connectivity index (χ4n) is 4.52. The van der Waals surface area contributed by atoms with Crippen LogP contribution in [0, 0.1) is 23.5 Å². The SMILES string of the molecule is CC(C)S(=O)(=O)NCC1CCC(C(=O)Nc2ccc(N3C[C@@H](C)O[C@@H](C)C3)c(F)c2F)CC1. The quantitative estimate of drug-likeness (QED) is 0.613. The molecule has 1 aliphatic heterocycles. The van der Waals surface area contributed by atoms with Gasteiger partial charge in [0.25, 0.3) is 0 Å². The van der Waals surface area contributed by atoms with E-state index >= 15 is 0 Å². The van der Waals surface area contributed by atoms with Crippen LogP contribution in [0.2, 0.25) is 0 Å². The van der Waals surface area contributed by atoms with Gasteiger partial charge in [0.05, 0.1) is 28.8 Å². The minimum atomic E-state index is -3.31. The van der Waals surface area contributed by atoms with Gasteiger partial charge in [-0.15, -0.1) is 0 Å². The average molecular weight is 488 g/mol. The van der Waals surface area contributed by atoms with Crippen LogP contribution in [0.15, 0.2) is 12.1 Å². The van der Waals surface area contributed by atoms with Gasteiger partial charge in [-0.2, -0.15) is 0 Å². The largest absolute Gasteiger partial charge is 0.372 e. The molecule has 10 heteroatoms. The van der Waals surface area contributed by atoms with Crippen molar-refractivity contribution in [1.29, 1.82) is 0 Å². The van der Waals surface area contributed by atoms with Gasteiger partial charge in [0.15, 0.2) is 11.6 Å². The molecule has 1 amide bonds. The normalized spacial score (nSPS) is 26.5. The number of ether oxygens (including phenoxy) is 1. The predicted molar refractivity (Wildman–Crippen MR) is 125 cm³/mol. The zero-order valence-electron chi connectivity index (χ0n) is 19.7. The van der Waals surface area contributed by atoms with Crippen LogP contribution in [-0.4, -0.2) is 51.4 Å². The van der Waals surface area contributed by atoms with Crippen molar-refractivity contribution >= 4 is 27.3 Å². The second-order valence-electron chi connectivity index (χ2n) is 9.57. The van der Waals surface area contributed by atoms with E-state index < -0.39 is 26.9 Å². The molecule has 1 heterocycles. The molecule has 1 aromatic rings. The number of carbonyl (C=O) groups is 1. The van der Waals surface area contributed by atoms with Crippen LogP contribution in [0.3, 0.4) is 0 Å². The highest BCUT2D eigenvalue weighted by molar-refractivity contribution is 7.90. The van der Waals surface area contributed by atoms with E-state index in [0.717, 1.165) is 0 Å². The molecule has 2 aliphatic rings. The Kier molecular flexibility index (Phi) is 8.34. The summed E-state index contributed by atoms with van der Waals surface area (Å²) in [6, 6.07) is 2.90. The minimum absolute atomic E-state index is 0.0913. The van der Waals surface area contributed by atoms with Gasteiger partial charge in [0.1, 0.15) is 0 Å². The molecule has 3 rings (SSSR count). The van der Waals surface area contributed by atoms with Gasteiger partial charge in [0, 0.05) is 25.6 Å². The molecule has 2 fully saturated rings. The highest BCUT2D eigenvalue weighted by atomic mass is 32.2. The van der Waals surface area contributed by atoms with E-state index in [2.05, 4.69) is 10.0 Å². The number of hydrogen-bond acceptors (Lipinski definition) is 5. The van der Waals surface area contributed by atoms with Crippen molar-refractivity contribution in [1.82, 2.24) is 4.72 Å². The molecule has 0 radical (unpaired) electrons. The van der Waals surface area contributed by atoms with Crippen molar-refractivity contribution in [3.05, 3.63) is 23.8 Å². The summed E-state index contributed by atoms with van der Waals surface area (Å²) in [7, 11) is -3.31. The Hall–Kier alpha value is -1.78. The Balaban J connectivity index is 1.56. The highest BCUT2D eigenvalue weighted by Crippen LogP contribution is 2.32. The summed E-state index contributed by atoms with van der Waals surface area (Å²) in [5, 5.41) is 2.06. The van der Waals surface area contributed by atoms with Gasteiger partial charge in [-0.25, -0.2) is 21.9 Å². The fourth-order valence-corrected chi connectivity index (χ4v) is 5.32. The maximum absolute atomic E-state index is 14.8. The van der Waals surface area contributed by atoms with E-state index in [4.69, 9.17) is 4.74 Å². The van der Waals surface area contributed by atoms with Crippen LogP contribution < -0.4 is 14.9 Å². The number of amides is 1. The topological polar surface area (TPSA) is 87.7 Å². The maximum Gasteiger partial charge on any atom is 0.227 e. The standard InChI is InChI=1S/C23H35F2N3O4S/c1-14(2)33(30,31)26-11-17-5-7-18(8-6-17)23(29)27-19-9-10-20(22(25)21(19)24)28-12-15(3)32-16(4)13-28/h9-10,14-18,26H,5-8,11-13H2,1-4H3,(H,27,29)/t15-,16+,17?,18?. The molecule has 0 aromatic heterocycles. The number of hydrogen-bond donors (Lipinski definition) is 2. The molecule has 0 unspecified atom stereocenters. The lowest BCUT2D eigenvalue weighted by Crippen LogP contribution is -2.46. The Morgan fingerprint density at radius 2 is 1.70 bits per heavy atom. The first-order valence-corrected chi connectivity index (χ1v) is 13.2. The molecule has 2 atom stereocenters. The highest BCUT2D eigenvalue weighted by Gasteiger charge is 2.30. The predicted octanol–water partition coefficient (Wildman–Crippen LogP) is 3.65. The average Bonchev–Trinajstić information content (AvgIpc) is 2.75. The monoisotopic (exact) mass is 487 g/mol. The smallest absolute Gasteiger partial charge is 0.227 e. The van der Waals surface area contributed by atoms with Crippen molar-refractivity contribution in [3.8, 4) is 0 Å². The zero-order chi connectivity index (χ0) is 24.3. The molecule has 1 aromatic carbocycles. The molecule has 33 heavy (non-hydrogen) atoms. The second-order valence-corrected chi connectivity index (χ2v) is 11.9. The molecule has 1 saturated carbocycles. The number of nitrogens with one attached hydrogen (secondary N) is 2. The molecule has 7 nitrogen and oxygen atoms in total. The molecule has 0 bridgehead atoms. The lowest BCUT2D eigenvalue weighted by Gasteiger charge is -2.37. The number of benzene rings is 1. The van der Waals surface area contributed by atoms with Crippen molar-refractivity contribution in [2.75, 3.05) is 29.9 Å². The van der Waals surface area contributed by atoms with E-state index in [-0.39, 0.29) is 41.3 Å². The summed E-state index contributed by atoms with van der Waals surface area (Å²) in [6.45, 7) is 8.31. The minimum Gasteiger partial charge on any atom is -0.372 e. The molecular formula is C23H35F2N3O4S. The molecule has 2 N–H and O–H groups in total. The van der Waals surface area contributed by atoms with Gasteiger partial charge in [-0.1, -0.05) is 0 Å². The Bertz CT molecular complexity index is 939. The number of morpholine rings is 1. The third-order valence-corrected chi connectivity index (χ3v) is 8.30. The van der Waals surface area contributed by atoms with Crippen LogP contribution in [0.4, 0.5) is 20.2 Å². The number of halogens is 2. The zero-order valence-corrected chi connectivity index (χ0v) is 20.6. The number of sulfonamides is 1. The van der Waals surface area contributed by atoms with Crippen molar-refractivity contribution < 1.29 is 26.7 Å². The van der Waals surface area contributed by atoms with E-state index in [1.165, 1.54) is 12.1 Å². The summed E-state index contributed by atoms with van der Waals surface area (Å²) in [6.07, 6.45) is 2.36.